The lowest BCUT2D eigenvalue weighted by molar-refractivity contribution is 0.786. The molecule has 0 amide bonds. The number of nitrogens with two attached hydrogens (primary N) is 1. The van der Waals surface area contributed by atoms with E-state index in [1.54, 1.807) is 0 Å². The van der Waals surface area contributed by atoms with Crippen LogP contribution in [-0.4, -0.2) is 6.67 Å². The molecule has 5 heteroatoms. The van der Waals surface area contributed by atoms with Gasteiger partial charge in [0.15, 0.2) is 0 Å². The van der Waals surface area contributed by atoms with Gasteiger partial charge in [-0.2, -0.15) is 0 Å². The second kappa shape index (κ2) is 1.25. The molecule has 4 N–H and O–H groups in total. The zero-order valence-corrected chi connectivity index (χ0v) is 4.85. The summed E-state index contributed by atoms with van der Waals surface area (Å²) in [7, 11) is 0. The standard InChI is InChI=1S/CH6N3PS/c2-5(6)3-1-4-5/h1H2,(H4,2,3,4,6). The van der Waals surface area contributed by atoms with Crippen molar-refractivity contribution in [2.75, 3.05) is 6.67 Å². The Morgan fingerprint density at radius 2 is 2.00 bits per heavy atom. The van der Waals surface area contributed by atoms with Crippen LogP contribution >= 0.6 is 6.49 Å². The van der Waals surface area contributed by atoms with Gasteiger partial charge in [-0.15, -0.1) is 0 Å². The molecule has 0 saturated carbocycles. The fourth-order valence-corrected chi connectivity index (χ4v) is 1.09. The van der Waals surface area contributed by atoms with E-state index in [1.807, 2.05) is 0 Å². The van der Waals surface area contributed by atoms with E-state index < -0.39 is 6.49 Å². The summed E-state index contributed by atoms with van der Waals surface area (Å²) in [6.45, 7) is -0.847. The maximum Gasteiger partial charge on any atom is 0.137 e. The molecule has 1 fully saturated rings. The van der Waals surface area contributed by atoms with Gasteiger partial charge in [0.05, 0.1) is 6.67 Å². The first-order valence-corrected chi connectivity index (χ1v) is 4.47. The highest BCUT2D eigenvalue weighted by Crippen LogP contribution is 2.29. The van der Waals surface area contributed by atoms with Gasteiger partial charge in [-0.25, -0.2) is 0 Å². The Hall–Kier alpha value is 0.530. The average molecular weight is 123 g/mol. The van der Waals surface area contributed by atoms with E-state index in [2.05, 4.69) is 10.2 Å². The molecule has 0 aromatic carbocycles. The lowest BCUT2D eigenvalue weighted by atomic mass is 11.3. The number of nitrogens with one attached hydrogen (secondary N) is 2. The molecule has 1 saturated heterocycles. The molecular formula is CH6N3PS. The van der Waals surface area contributed by atoms with Crippen LogP contribution in [-0.2, 0) is 11.8 Å². The van der Waals surface area contributed by atoms with E-state index in [-0.39, 0.29) is 0 Å². The lowest BCUT2D eigenvalue weighted by Gasteiger charge is -2.28. The first kappa shape index (κ1) is 4.68. The van der Waals surface area contributed by atoms with E-state index in [1.165, 1.54) is 0 Å². The van der Waals surface area contributed by atoms with Crippen LogP contribution < -0.4 is 15.7 Å². The largest absolute Gasteiger partial charge is 0.279 e. The van der Waals surface area contributed by atoms with E-state index >= 15 is 0 Å². The highest BCUT2D eigenvalue weighted by Gasteiger charge is 2.16. The third kappa shape index (κ3) is 0.776. The maximum atomic E-state index is 5.33. The van der Waals surface area contributed by atoms with Crippen LogP contribution in [0.4, 0.5) is 0 Å². The monoisotopic (exact) mass is 123 g/mol. The van der Waals surface area contributed by atoms with Crippen molar-refractivity contribution in [2.45, 2.75) is 0 Å². The summed E-state index contributed by atoms with van der Waals surface area (Å²) in [4.78, 5) is 0. The molecule has 1 aliphatic rings. The summed E-state index contributed by atoms with van der Waals surface area (Å²) < 4.78 is 0. The van der Waals surface area contributed by atoms with Crippen molar-refractivity contribution in [3.05, 3.63) is 0 Å². The molecule has 0 radical (unpaired) electrons. The van der Waals surface area contributed by atoms with Gasteiger partial charge in [0.1, 0.15) is 6.49 Å². The summed E-state index contributed by atoms with van der Waals surface area (Å²) >= 11 is 4.74. The molecule has 0 spiro atoms. The summed E-state index contributed by atoms with van der Waals surface area (Å²) in [5, 5.41) is 5.75. The number of hydrogen-bond donors (Lipinski definition) is 3. The molecule has 1 aliphatic heterocycles. The molecule has 0 bridgehead atoms. The van der Waals surface area contributed by atoms with Gasteiger partial charge in [-0.3, -0.25) is 15.7 Å². The van der Waals surface area contributed by atoms with E-state index in [0.29, 0.717) is 0 Å². The Kier molecular flexibility index (Phi) is 0.975. The van der Waals surface area contributed by atoms with Gasteiger partial charge in [-0.1, -0.05) is 0 Å². The van der Waals surface area contributed by atoms with Gasteiger partial charge in [-0.05, 0) is 11.8 Å². The van der Waals surface area contributed by atoms with Crippen molar-refractivity contribution in [3.8, 4) is 0 Å². The van der Waals surface area contributed by atoms with Gasteiger partial charge in [0.2, 0.25) is 0 Å². The third-order valence-corrected chi connectivity index (χ3v) is 2.66. The quantitative estimate of drug-likeness (QED) is 0.373. The van der Waals surface area contributed by atoms with Crippen molar-refractivity contribution in [2.24, 2.45) is 5.50 Å². The summed E-state index contributed by atoms with van der Waals surface area (Å²) in [5.74, 6) is 0. The fraction of sp³-hybridized carbons (Fsp3) is 1.00. The zero-order chi connectivity index (χ0) is 4.62. The van der Waals surface area contributed by atoms with Crippen molar-refractivity contribution in [1.29, 1.82) is 0 Å². The van der Waals surface area contributed by atoms with Crippen LogP contribution in [0.3, 0.4) is 0 Å². The minimum absolute atomic E-state index is 0.785. The smallest absolute Gasteiger partial charge is 0.137 e. The van der Waals surface area contributed by atoms with E-state index in [0.717, 1.165) is 6.67 Å². The molecule has 1 heterocycles. The fourth-order valence-electron chi connectivity index (χ4n) is 0.235. The van der Waals surface area contributed by atoms with Gasteiger partial charge in [0, 0.05) is 0 Å². The minimum Gasteiger partial charge on any atom is -0.279 e. The Morgan fingerprint density at radius 1 is 1.67 bits per heavy atom. The van der Waals surface area contributed by atoms with Crippen LogP contribution in [0.1, 0.15) is 0 Å². The van der Waals surface area contributed by atoms with Crippen LogP contribution in [0.5, 0.6) is 0 Å². The van der Waals surface area contributed by atoms with Gasteiger partial charge < -0.3 is 0 Å². The maximum absolute atomic E-state index is 5.33. The van der Waals surface area contributed by atoms with Crippen molar-refractivity contribution < 1.29 is 0 Å². The molecule has 3 nitrogen and oxygen atoms in total. The molecule has 36 valence electrons. The highest BCUT2D eigenvalue weighted by molar-refractivity contribution is 8.12. The minimum atomic E-state index is -1.63. The van der Waals surface area contributed by atoms with Crippen LogP contribution in [0.2, 0.25) is 0 Å². The molecule has 6 heavy (non-hydrogen) atoms. The Balaban J connectivity index is 2.53. The molecule has 0 unspecified atom stereocenters. The number of hydrogen-bond acceptors (Lipinski definition) is 1. The van der Waals surface area contributed by atoms with E-state index in [4.69, 9.17) is 17.3 Å². The van der Waals surface area contributed by atoms with E-state index in [9.17, 15) is 0 Å². The lowest BCUT2D eigenvalue weighted by Crippen LogP contribution is -2.44. The molecular weight excluding hydrogens is 117 g/mol. The van der Waals surface area contributed by atoms with Crippen molar-refractivity contribution >= 4 is 18.3 Å². The first-order chi connectivity index (χ1) is 2.71. The predicted molar refractivity (Wildman–Crippen MR) is 29.6 cm³/mol. The molecule has 0 atom stereocenters. The molecule has 1 rings (SSSR count). The van der Waals surface area contributed by atoms with Crippen molar-refractivity contribution in [1.82, 2.24) is 10.2 Å². The summed E-state index contributed by atoms with van der Waals surface area (Å²) in [6.07, 6.45) is 0. The average Bonchev–Trinajstić information content (AvgIpc) is 1.32. The SMILES string of the molecule is NP1(=S)NCN1. The Labute approximate surface area is 41.5 Å². The normalized spacial score (nSPS) is 28.8. The topological polar surface area (TPSA) is 50.1 Å². The van der Waals surface area contributed by atoms with Crippen LogP contribution in [0, 0.1) is 0 Å². The van der Waals surface area contributed by atoms with Gasteiger partial charge in [0.25, 0.3) is 0 Å². The summed E-state index contributed by atoms with van der Waals surface area (Å²) in [5.41, 5.74) is 5.33. The Morgan fingerprint density at radius 3 is 2.00 bits per heavy atom. The Bertz CT molecular complexity index is 93.0. The predicted octanol–water partition coefficient (Wildman–Crippen LogP) is -0.680. The first-order valence-electron chi connectivity index (χ1n) is 1.60. The summed E-state index contributed by atoms with van der Waals surface area (Å²) in [6, 6.07) is 0. The van der Waals surface area contributed by atoms with Crippen LogP contribution in [0.25, 0.3) is 0 Å². The zero-order valence-electron chi connectivity index (χ0n) is 3.14. The molecule has 0 aromatic heterocycles. The molecule has 0 aliphatic carbocycles. The van der Waals surface area contributed by atoms with Gasteiger partial charge >= 0.3 is 0 Å². The number of rotatable bonds is 0. The highest BCUT2D eigenvalue weighted by atomic mass is 32.4. The van der Waals surface area contributed by atoms with Crippen molar-refractivity contribution in [3.63, 3.8) is 0 Å². The molecule has 0 aromatic rings. The second-order valence-corrected chi connectivity index (χ2v) is 4.83. The van der Waals surface area contributed by atoms with Crippen LogP contribution in [0.15, 0.2) is 0 Å². The third-order valence-electron chi connectivity index (χ3n) is 0.628. The second-order valence-electron chi connectivity index (χ2n) is 1.15.